The third-order valence-corrected chi connectivity index (χ3v) is 3.44. The molecule has 0 saturated heterocycles. The predicted molar refractivity (Wildman–Crippen MR) is 73.2 cm³/mol. The average Bonchev–Trinajstić information content (AvgIpc) is 2.38. The van der Waals surface area contributed by atoms with E-state index in [2.05, 4.69) is 21.2 Å². The Morgan fingerprint density at radius 1 is 1.16 bits per heavy atom. The van der Waals surface area contributed by atoms with Crippen molar-refractivity contribution in [3.8, 4) is 0 Å². The van der Waals surface area contributed by atoms with Crippen LogP contribution in [0.2, 0.25) is 0 Å². The standard InChI is InChI=1S/C14H10BrF2NO/c1-8-4-2-7-11(13(8)17)18-14(19)9-5-3-6-10(16)12(9)15/h2-7H,1H3,(H,18,19). The van der Waals surface area contributed by atoms with Gasteiger partial charge in [0.05, 0.1) is 15.7 Å². The number of hydrogen-bond donors (Lipinski definition) is 1. The van der Waals surface area contributed by atoms with Crippen LogP contribution in [0.3, 0.4) is 0 Å². The van der Waals surface area contributed by atoms with E-state index in [1.54, 1.807) is 19.1 Å². The lowest BCUT2D eigenvalue weighted by Crippen LogP contribution is -2.14. The number of rotatable bonds is 2. The van der Waals surface area contributed by atoms with Crippen LogP contribution in [0.15, 0.2) is 40.9 Å². The van der Waals surface area contributed by atoms with Gasteiger partial charge in [0, 0.05) is 0 Å². The normalized spacial score (nSPS) is 10.3. The van der Waals surface area contributed by atoms with Gasteiger partial charge in [-0.05, 0) is 46.6 Å². The van der Waals surface area contributed by atoms with Crippen molar-refractivity contribution in [1.82, 2.24) is 0 Å². The first-order valence-electron chi connectivity index (χ1n) is 5.51. The van der Waals surface area contributed by atoms with Gasteiger partial charge in [-0.2, -0.15) is 0 Å². The molecule has 0 aromatic heterocycles. The zero-order valence-electron chi connectivity index (χ0n) is 10.0. The maximum absolute atomic E-state index is 13.8. The molecule has 0 aliphatic rings. The Balaban J connectivity index is 2.31. The lowest BCUT2D eigenvalue weighted by atomic mass is 10.1. The molecular formula is C14H10BrF2NO. The van der Waals surface area contributed by atoms with Crippen molar-refractivity contribution < 1.29 is 13.6 Å². The molecule has 0 saturated carbocycles. The van der Waals surface area contributed by atoms with Gasteiger partial charge in [-0.1, -0.05) is 18.2 Å². The van der Waals surface area contributed by atoms with Crippen molar-refractivity contribution in [3.63, 3.8) is 0 Å². The molecule has 2 rings (SSSR count). The van der Waals surface area contributed by atoms with Gasteiger partial charge in [-0.3, -0.25) is 4.79 Å². The van der Waals surface area contributed by atoms with Crippen molar-refractivity contribution in [2.45, 2.75) is 6.92 Å². The molecule has 19 heavy (non-hydrogen) atoms. The molecule has 0 bridgehead atoms. The minimum Gasteiger partial charge on any atom is -0.319 e. The van der Waals surface area contributed by atoms with Gasteiger partial charge in [-0.25, -0.2) is 8.78 Å². The number of amides is 1. The largest absolute Gasteiger partial charge is 0.319 e. The number of nitrogens with one attached hydrogen (secondary N) is 1. The molecule has 0 radical (unpaired) electrons. The van der Waals surface area contributed by atoms with Crippen molar-refractivity contribution in [2.24, 2.45) is 0 Å². The summed E-state index contributed by atoms with van der Waals surface area (Å²) in [6, 6.07) is 8.79. The second-order valence-corrected chi connectivity index (χ2v) is 4.78. The molecule has 1 N–H and O–H groups in total. The molecule has 0 aliphatic heterocycles. The molecule has 0 fully saturated rings. The monoisotopic (exact) mass is 325 g/mol. The Morgan fingerprint density at radius 3 is 2.58 bits per heavy atom. The fourth-order valence-electron chi connectivity index (χ4n) is 1.61. The summed E-state index contributed by atoms with van der Waals surface area (Å²) in [7, 11) is 0. The lowest BCUT2D eigenvalue weighted by molar-refractivity contribution is 0.102. The molecular weight excluding hydrogens is 316 g/mol. The highest BCUT2D eigenvalue weighted by atomic mass is 79.9. The van der Waals surface area contributed by atoms with Crippen molar-refractivity contribution in [3.05, 3.63) is 63.6 Å². The van der Waals surface area contributed by atoms with Crippen LogP contribution in [0.1, 0.15) is 15.9 Å². The van der Waals surface area contributed by atoms with E-state index in [0.29, 0.717) is 5.56 Å². The molecule has 98 valence electrons. The number of carbonyl (C=O) groups is 1. The van der Waals surface area contributed by atoms with Crippen LogP contribution in [0.4, 0.5) is 14.5 Å². The van der Waals surface area contributed by atoms with Crippen molar-refractivity contribution in [2.75, 3.05) is 5.32 Å². The quantitative estimate of drug-likeness (QED) is 0.876. The number of benzene rings is 2. The maximum Gasteiger partial charge on any atom is 0.256 e. The van der Waals surface area contributed by atoms with E-state index in [1.165, 1.54) is 24.3 Å². The van der Waals surface area contributed by atoms with E-state index in [9.17, 15) is 13.6 Å². The molecule has 2 aromatic rings. The van der Waals surface area contributed by atoms with Crippen LogP contribution < -0.4 is 5.32 Å². The second-order valence-electron chi connectivity index (χ2n) is 3.99. The summed E-state index contributed by atoms with van der Waals surface area (Å²) in [6.45, 7) is 1.60. The number of aryl methyl sites for hydroxylation is 1. The van der Waals surface area contributed by atoms with Gasteiger partial charge in [-0.15, -0.1) is 0 Å². The van der Waals surface area contributed by atoms with Crippen LogP contribution in [-0.2, 0) is 0 Å². The Morgan fingerprint density at radius 2 is 1.84 bits per heavy atom. The van der Waals surface area contributed by atoms with Gasteiger partial charge < -0.3 is 5.32 Å². The Hall–Kier alpha value is -1.75. The van der Waals surface area contributed by atoms with Gasteiger partial charge >= 0.3 is 0 Å². The first-order valence-corrected chi connectivity index (χ1v) is 6.30. The summed E-state index contributed by atoms with van der Waals surface area (Å²) >= 11 is 3.00. The van der Waals surface area contributed by atoms with E-state index in [-0.39, 0.29) is 15.7 Å². The zero-order chi connectivity index (χ0) is 14.0. The highest BCUT2D eigenvalue weighted by Gasteiger charge is 2.15. The molecule has 0 atom stereocenters. The molecule has 2 nitrogen and oxygen atoms in total. The van der Waals surface area contributed by atoms with Gasteiger partial charge in [0.2, 0.25) is 0 Å². The van der Waals surface area contributed by atoms with Crippen LogP contribution in [0, 0.1) is 18.6 Å². The first kappa shape index (κ1) is 13.7. The third kappa shape index (κ3) is 2.81. The van der Waals surface area contributed by atoms with Gasteiger partial charge in [0.15, 0.2) is 0 Å². The SMILES string of the molecule is Cc1cccc(NC(=O)c2cccc(F)c2Br)c1F. The van der Waals surface area contributed by atoms with E-state index in [1.807, 2.05) is 0 Å². The maximum atomic E-state index is 13.8. The third-order valence-electron chi connectivity index (χ3n) is 2.64. The predicted octanol–water partition coefficient (Wildman–Crippen LogP) is 4.29. The Labute approximate surface area is 117 Å². The minimum absolute atomic E-state index is 0.0561. The number of carbonyl (C=O) groups excluding carboxylic acids is 1. The Bertz CT molecular complexity index is 643. The summed E-state index contributed by atoms with van der Waals surface area (Å²) < 4.78 is 27.1. The summed E-state index contributed by atoms with van der Waals surface area (Å²) in [5, 5.41) is 2.42. The molecule has 0 aliphatic carbocycles. The van der Waals surface area contributed by atoms with Crippen LogP contribution >= 0.6 is 15.9 Å². The van der Waals surface area contributed by atoms with E-state index < -0.39 is 17.5 Å². The highest BCUT2D eigenvalue weighted by Crippen LogP contribution is 2.23. The molecule has 0 unspecified atom stereocenters. The summed E-state index contributed by atoms with van der Waals surface area (Å²) in [5.74, 6) is -1.61. The van der Waals surface area contributed by atoms with Crippen LogP contribution in [0.5, 0.6) is 0 Å². The highest BCUT2D eigenvalue weighted by molar-refractivity contribution is 9.10. The summed E-state index contributed by atoms with van der Waals surface area (Å²) in [4.78, 5) is 12.0. The van der Waals surface area contributed by atoms with Gasteiger partial charge in [0.25, 0.3) is 5.91 Å². The molecule has 0 heterocycles. The zero-order valence-corrected chi connectivity index (χ0v) is 11.6. The van der Waals surface area contributed by atoms with Crippen LogP contribution in [-0.4, -0.2) is 5.91 Å². The summed E-state index contributed by atoms with van der Waals surface area (Å²) in [5.41, 5.74) is 0.609. The van der Waals surface area contributed by atoms with Crippen molar-refractivity contribution in [1.29, 1.82) is 0 Å². The van der Waals surface area contributed by atoms with Gasteiger partial charge in [0.1, 0.15) is 11.6 Å². The average molecular weight is 326 g/mol. The second kappa shape index (κ2) is 5.48. The molecule has 2 aromatic carbocycles. The lowest BCUT2D eigenvalue weighted by Gasteiger charge is -2.09. The molecule has 1 amide bonds. The fraction of sp³-hybridized carbons (Fsp3) is 0.0714. The van der Waals surface area contributed by atoms with Crippen molar-refractivity contribution >= 4 is 27.5 Å². The smallest absolute Gasteiger partial charge is 0.256 e. The van der Waals surface area contributed by atoms with E-state index in [0.717, 1.165) is 0 Å². The fourth-order valence-corrected chi connectivity index (χ4v) is 2.06. The number of halogens is 3. The summed E-state index contributed by atoms with van der Waals surface area (Å²) in [6.07, 6.45) is 0. The first-order chi connectivity index (χ1) is 9.00. The number of anilines is 1. The topological polar surface area (TPSA) is 29.1 Å². The molecule has 5 heteroatoms. The van der Waals surface area contributed by atoms with E-state index >= 15 is 0 Å². The van der Waals surface area contributed by atoms with E-state index in [4.69, 9.17) is 0 Å². The minimum atomic E-state index is -0.573. The number of hydrogen-bond acceptors (Lipinski definition) is 1. The Kier molecular flexibility index (Phi) is 3.95. The molecule has 0 spiro atoms. The van der Waals surface area contributed by atoms with Crippen LogP contribution in [0.25, 0.3) is 0 Å².